The van der Waals surface area contributed by atoms with Crippen molar-refractivity contribution in [1.82, 2.24) is 0 Å². The molecular formula is C27H25BrClN3O4. The summed E-state index contributed by atoms with van der Waals surface area (Å²) in [6.07, 6.45) is 0.661. The number of benzene rings is 2. The standard InChI is InChI=1S/C27H25BrClN3O4/c1-13-16(29)6-5-7-18(13)32-19-11-26(2,3)12-20(33)21(19)27(22(23(32)30)24(34)36-4)15-10-14(28)8-9-17(15)31-25(27)35/h5-10H,11-12,30H2,1-4H3,(H,31,35). The maximum Gasteiger partial charge on any atom is 0.339 e. The Morgan fingerprint density at radius 2 is 1.92 bits per heavy atom. The zero-order chi connectivity index (χ0) is 26.2. The van der Waals surface area contributed by atoms with Gasteiger partial charge >= 0.3 is 5.97 Å². The quantitative estimate of drug-likeness (QED) is 0.487. The van der Waals surface area contributed by atoms with E-state index in [1.807, 2.05) is 26.8 Å². The maximum absolute atomic E-state index is 14.0. The van der Waals surface area contributed by atoms with Gasteiger partial charge in [-0.2, -0.15) is 0 Å². The van der Waals surface area contributed by atoms with Gasteiger partial charge in [0.2, 0.25) is 5.91 Å². The van der Waals surface area contributed by atoms with Gasteiger partial charge in [0, 0.05) is 38.4 Å². The number of hydrogen-bond donors (Lipinski definition) is 2. The molecular weight excluding hydrogens is 546 g/mol. The highest BCUT2D eigenvalue weighted by atomic mass is 79.9. The van der Waals surface area contributed by atoms with Crippen molar-refractivity contribution in [1.29, 1.82) is 0 Å². The molecule has 7 nitrogen and oxygen atoms in total. The maximum atomic E-state index is 14.0. The van der Waals surface area contributed by atoms with Crippen LogP contribution in [0.25, 0.3) is 0 Å². The number of ketones is 1. The van der Waals surface area contributed by atoms with E-state index in [-0.39, 0.29) is 29.2 Å². The average molecular weight is 571 g/mol. The number of halogens is 2. The van der Waals surface area contributed by atoms with Crippen LogP contribution in [0.3, 0.4) is 0 Å². The van der Waals surface area contributed by atoms with Crippen LogP contribution in [-0.4, -0.2) is 24.8 Å². The summed E-state index contributed by atoms with van der Waals surface area (Å²) in [5, 5.41) is 3.39. The molecule has 2 heterocycles. The van der Waals surface area contributed by atoms with Gasteiger partial charge in [0.15, 0.2) is 5.78 Å². The molecule has 5 rings (SSSR count). The fourth-order valence-corrected chi connectivity index (χ4v) is 6.25. The Morgan fingerprint density at radius 1 is 1.19 bits per heavy atom. The molecule has 0 saturated carbocycles. The van der Waals surface area contributed by atoms with Gasteiger partial charge in [-0.3, -0.25) is 14.5 Å². The number of esters is 1. The molecule has 186 valence electrons. The van der Waals surface area contributed by atoms with Crippen LogP contribution in [0.15, 0.2) is 63.5 Å². The molecule has 0 aromatic heterocycles. The van der Waals surface area contributed by atoms with Gasteiger partial charge in [-0.1, -0.05) is 47.4 Å². The highest BCUT2D eigenvalue weighted by Crippen LogP contribution is 2.58. The van der Waals surface area contributed by atoms with Crippen molar-refractivity contribution in [3.63, 3.8) is 0 Å². The molecule has 9 heteroatoms. The van der Waals surface area contributed by atoms with Gasteiger partial charge in [-0.15, -0.1) is 0 Å². The minimum Gasteiger partial charge on any atom is -0.466 e. The number of fused-ring (bicyclic) bond motifs is 3. The molecule has 2 aliphatic heterocycles. The number of allylic oxidation sites excluding steroid dienone is 1. The number of rotatable bonds is 2. The highest BCUT2D eigenvalue weighted by Gasteiger charge is 2.63. The largest absolute Gasteiger partial charge is 0.466 e. The number of methoxy groups -OCH3 is 1. The van der Waals surface area contributed by atoms with Crippen molar-refractivity contribution in [2.45, 2.75) is 39.0 Å². The fourth-order valence-electron chi connectivity index (χ4n) is 5.72. The van der Waals surface area contributed by atoms with E-state index in [4.69, 9.17) is 22.1 Å². The summed E-state index contributed by atoms with van der Waals surface area (Å²) in [6.45, 7) is 5.84. The minimum absolute atomic E-state index is 0.0273. The molecule has 3 aliphatic rings. The van der Waals surface area contributed by atoms with Gasteiger partial charge in [0.1, 0.15) is 16.8 Å². The Morgan fingerprint density at radius 3 is 2.61 bits per heavy atom. The molecule has 1 aliphatic carbocycles. The second-order valence-electron chi connectivity index (χ2n) is 10.1. The zero-order valence-corrected chi connectivity index (χ0v) is 22.6. The van der Waals surface area contributed by atoms with E-state index in [9.17, 15) is 14.4 Å². The van der Waals surface area contributed by atoms with E-state index >= 15 is 0 Å². The van der Waals surface area contributed by atoms with E-state index in [1.165, 1.54) is 7.11 Å². The molecule has 0 bridgehead atoms. The lowest BCUT2D eigenvalue weighted by Crippen LogP contribution is -2.54. The van der Waals surface area contributed by atoms with Crippen LogP contribution < -0.4 is 16.0 Å². The fraction of sp³-hybridized carbons (Fsp3) is 0.296. The molecule has 1 spiro atoms. The van der Waals surface area contributed by atoms with Crippen LogP contribution in [0.4, 0.5) is 11.4 Å². The minimum atomic E-state index is -1.75. The Bertz CT molecular complexity index is 1440. The Hall–Kier alpha value is -3.10. The lowest BCUT2D eigenvalue weighted by Gasteiger charge is -2.47. The number of anilines is 2. The number of carbonyl (C=O) groups excluding carboxylic acids is 3. The van der Waals surface area contributed by atoms with E-state index in [2.05, 4.69) is 21.2 Å². The van der Waals surface area contributed by atoms with Crippen molar-refractivity contribution in [3.8, 4) is 0 Å². The third-order valence-electron chi connectivity index (χ3n) is 7.21. The second-order valence-corrected chi connectivity index (χ2v) is 11.5. The van der Waals surface area contributed by atoms with Crippen LogP contribution in [0.5, 0.6) is 0 Å². The first-order valence-corrected chi connectivity index (χ1v) is 12.6. The van der Waals surface area contributed by atoms with Crippen molar-refractivity contribution in [3.05, 3.63) is 79.7 Å². The molecule has 0 saturated heterocycles. The monoisotopic (exact) mass is 569 g/mol. The molecule has 2 aromatic rings. The summed E-state index contributed by atoms with van der Waals surface area (Å²) in [5.41, 5.74) is 7.75. The van der Waals surface area contributed by atoms with Gasteiger partial charge in [0.25, 0.3) is 0 Å². The van der Waals surface area contributed by atoms with E-state index < -0.39 is 22.7 Å². The molecule has 1 atom stereocenters. The number of ether oxygens (including phenoxy) is 1. The van der Waals surface area contributed by atoms with Gasteiger partial charge in [-0.05, 0) is 54.7 Å². The van der Waals surface area contributed by atoms with Crippen LogP contribution >= 0.6 is 27.5 Å². The third-order valence-corrected chi connectivity index (χ3v) is 8.12. The number of carbonyl (C=O) groups is 3. The van der Waals surface area contributed by atoms with E-state index in [1.54, 1.807) is 35.2 Å². The third kappa shape index (κ3) is 3.27. The van der Waals surface area contributed by atoms with Crippen LogP contribution in [0.1, 0.15) is 37.8 Å². The molecule has 2 aromatic carbocycles. The summed E-state index contributed by atoms with van der Waals surface area (Å²) in [6, 6.07) is 10.6. The molecule has 1 unspecified atom stereocenters. The zero-order valence-electron chi connectivity index (χ0n) is 20.3. The first kappa shape index (κ1) is 24.6. The summed E-state index contributed by atoms with van der Waals surface area (Å²) in [7, 11) is 1.23. The Kier molecular flexibility index (Phi) is 5.61. The number of nitrogens with two attached hydrogens (primary N) is 1. The SMILES string of the molecule is COC(=O)C1=C(N)N(c2cccc(Cl)c2C)C2=C(C(=O)CC(C)(C)C2)C12C(=O)Nc1ccc(Br)cc12. The normalized spacial score (nSPS) is 22.6. The smallest absolute Gasteiger partial charge is 0.339 e. The predicted molar refractivity (Wildman–Crippen MR) is 141 cm³/mol. The topological polar surface area (TPSA) is 102 Å². The Labute approximate surface area is 222 Å². The summed E-state index contributed by atoms with van der Waals surface area (Å²) in [5.74, 6) is -1.49. The number of amides is 1. The molecule has 1 amide bonds. The first-order valence-electron chi connectivity index (χ1n) is 11.5. The number of Topliss-reactive ketones (excluding diaryl/α,β-unsaturated/α-hetero) is 1. The van der Waals surface area contributed by atoms with Crippen LogP contribution in [0, 0.1) is 12.3 Å². The van der Waals surface area contributed by atoms with Crippen LogP contribution in [0.2, 0.25) is 5.02 Å². The summed E-state index contributed by atoms with van der Waals surface area (Å²) < 4.78 is 5.87. The molecule has 0 radical (unpaired) electrons. The summed E-state index contributed by atoms with van der Waals surface area (Å²) >= 11 is 9.95. The molecule has 3 N–H and O–H groups in total. The number of hydrogen-bond acceptors (Lipinski definition) is 6. The van der Waals surface area contributed by atoms with Gasteiger partial charge in [-0.25, -0.2) is 4.79 Å². The van der Waals surface area contributed by atoms with Gasteiger partial charge in [0.05, 0.1) is 12.8 Å². The lowest BCUT2D eigenvalue weighted by atomic mass is 9.60. The van der Waals surface area contributed by atoms with Gasteiger partial charge < -0.3 is 15.8 Å². The first-order chi connectivity index (χ1) is 16.9. The van der Waals surface area contributed by atoms with Crippen molar-refractivity contribution in [2.24, 2.45) is 11.1 Å². The van der Waals surface area contributed by atoms with E-state index in [0.29, 0.717) is 38.6 Å². The number of nitrogens with one attached hydrogen (secondary N) is 1. The average Bonchev–Trinajstić information content (AvgIpc) is 3.06. The summed E-state index contributed by atoms with van der Waals surface area (Å²) in [4.78, 5) is 43.2. The van der Waals surface area contributed by atoms with Crippen molar-refractivity contribution in [2.75, 3.05) is 17.3 Å². The molecule has 36 heavy (non-hydrogen) atoms. The van der Waals surface area contributed by atoms with Crippen LogP contribution in [-0.2, 0) is 24.5 Å². The predicted octanol–water partition coefficient (Wildman–Crippen LogP) is 5.11. The highest BCUT2D eigenvalue weighted by molar-refractivity contribution is 9.10. The lowest BCUT2D eigenvalue weighted by molar-refractivity contribution is -0.138. The number of nitrogens with zero attached hydrogens (tertiary/aromatic N) is 1. The molecule has 0 fully saturated rings. The van der Waals surface area contributed by atoms with Crippen molar-refractivity contribution < 1.29 is 19.1 Å². The Balaban J connectivity index is 1.96. The second kappa shape index (κ2) is 8.21. The van der Waals surface area contributed by atoms with E-state index in [0.717, 1.165) is 5.56 Å². The van der Waals surface area contributed by atoms with Crippen molar-refractivity contribution >= 4 is 56.6 Å².